The molecule has 3 aliphatic rings. The topological polar surface area (TPSA) is 109 Å². The molecule has 7 rings (SSSR count). The summed E-state index contributed by atoms with van der Waals surface area (Å²) in [5, 5.41) is 2.76. The first kappa shape index (κ1) is 34.6. The number of hydrogen-bond donors (Lipinski definition) is 1. The molecule has 0 bridgehead atoms. The summed E-state index contributed by atoms with van der Waals surface area (Å²) in [7, 11) is 0. The summed E-state index contributed by atoms with van der Waals surface area (Å²) in [4.78, 5) is 39.6. The van der Waals surface area contributed by atoms with Gasteiger partial charge in [0.1, 0.15) is 25.0 Å². The zero-order chi connectivity index (χ0) is 35.0. The predicted molar refractivity (Wildman–Crippen MR) is 190 cm³/mol. The van der Waals surface area contributed by atoms with Crippen molar-refractivity contribution in [1.82, 2.24) is 5.32 Å². The molecule has 0 unspecified atom stereocenters. The lowest BCUT2D eigenvalue weighted by atomic mass is 9.92. The second-order valence-corrected chi connectivity index (χ2v) is 13.5. The molecule has 4 atom stereocenters. The number of amides is 1. The van der Waals surface area contributed by atoms with Crippen molar-refractivity contribution in [2.24, 2.45) is 0 Å². The summed E-state index contributed by atoms with van der Waals surface area (Å²) in [5.41, 5.74) is 6.38. The van der Waals surface area contributed by atoms with Crippen LogP contribution in [0, 0.1) is 0 Å². The van der Waals surface area contributed by atoms with Gasteiger partial charge in [-0.25, -0.2) is 9.59 Å². The minimum absolute atomic E-state index is 0.0367. The summed E-state index contributed by atoms with van der Waals surface area (Å²) >= 11 is 0. The van der Waals surface area contributed by atoms with E-state index in [2.05, 4.69) is 29.6 Å². The normalized spacial score (nSPS) is 21.8. The monoisotopic (exact) mass is 689 g/mol. The van der Waals surface area contributed by atoms with Gasteiger partial charge in [-0.1, -0.05) is 109 Å². The maximum absolute atomic E-state index is 13.6. The fourth-order valence-corrected chi connectivity index (χ4v) is 7.44. The van der Waals surface area contributed by atoms with Gasteiger partial charge in [0.15, 0.2) is 5.79 Å². The number of hydrogen-bond acceptors (Lipinski definition) is 8. The molecule has 1 amide bonds. The van der Waals surface area contributed by atoms with Crippen LogP contribution < -0.4 is 5.32 Å². The van der Waals surface area contributed by atoms with Crippen LogP contribution in [-0.2, 0) is 46.3 Å². The first-order chi connectivity index (χ1) is 24.9. The van der Waals surface area contributed by atoms with E-state index in [0.29, 0.717) is 19.4 Å². The van der Waals surface area contributed by atoms with E-state index in [0.717, 1.165) is 39.8 Å². The van der Waals surface area contributed by atoms with Gasteiger partial charge >= 0.3 is 12.1 Å². The zero-order valence-corrected chi connectivity index (χ0v) is 28.5. The molecule has 0 radical (unpaired) electrons. The van der Waals surface area contributed by atoms with E-state index in [1.165, 1.54) is 0 Å². The number of nitrogens with one attached hydrogen (secondary N) is 1. The van der Waals surface area contributed by atoms with Crippen LogP contribution in [0.1, 0.15) is 60.3 Å². The lowest BCUT2D eigenvalue weighted by molar-refractivity contribution is -0.313. The van der Waals surface area contributed by atoms with E-state index in [9.17, 15) is 14.4 Å². The van der Waals surface area contributed by atoms with Crippen molar-refractivity contribution < 1.29 is 38.1 Å². The summed E-state index contributed by atoms with van der Waals surface area (Å²) < 4.78 is 30.2. The van der Waals surface area contributed by atoms with E-state index in [-0.39, 0.29) is 50.8 Å². The van der Waals surface area contributed by atoms with Crippen LogP contribution in [-0.4, -0.2) is 61.7 Å². The van der Waals surface area contributed by atoms with Crippen LogP contribution in [0.4, 0.5) is 4.79 Å². The van der Waals surface area contributed by atoms with Crippen LogP contribution in [0.3, 0.4) is 0 Å². The molecule has 9 nitrogen and oxygen atoms in total. The van der Waals surface area contributed by atoms with E-state index >= 15 is 0 Å². The number of ether oxygens (including phenoxy) is 5. The molecule has 4 aromatic carbocycles. The Morgan fingerprint density at radius 2 is 1.37 bits per heavy atom. The Balaban J connectivity index is 0.950. The Morgan fingerprint density at radius 1 is 0.745 bits per heavy atom. The minimum atomic E-state index is -1.07. The number of carbonyl (C=O) groups is 3. The molecule has 2 saturated heterocycles. The van der Waals surface area contributed by atoms with Crippen molar-refractivity contribution in [3.8, 4) is 11.1 Å². The van der Waals surface area contributed by atoms with Gasteiger partial charge in [-0.15, -0.1) is 0 Å². The molecule has 264 valence electrons. The summed E-state index contributed by atoms with van der Waals surface area (Å²) in [5.74, 6) is -1.72. The highest BCUT2D eigenvalue weighted by Crippen LogP contribution is 2.44. The van der Waals surface area contributed by atoms with Crippen molar-refractivity contribution in [2.45, 2.75) is 75.1 Å². The number of fused-ring (bicyclic) bond motifs is 3. The van der Waals surface area contributed by atoms with Gasteiger partial charge in [0.05, 0.1) is 31.8 Å². The molecule has 0 saturated carbocycles. The Kier molecular flexibility index (Phi) is 10.9. The SMILES string of the molecule is O=C1C[C@@H](COCc2ccccc2)O[C@@]2(CCC[C@@H](COC(=O)[C@H](Cc3ccccc3)NC(=O)OCC3c4ccccc4-c4ccccc43)O2)C1. The maximum Gasteiger partial charge on any atom is 0.407 e. The molecule has 51 heavy (non-hydrogen) atoms. The number of benzene rings is 4. The smallest absolute Gasteiger partial charge is 0.407 e. The molecule has 1 aliphatic carbocycles. The number of alkyl carbamates (subject to hydrolysis) is 1. The number of carbonyl (C=O) groups excluding carboxylic acids is 3. The van der Waals surface area contributed by atoms with Crippen molar-refractivity contribution in [1.29, 1.82) is 0 Å². The molecule has 2 aliphatic heterocycles. The summed E-state index contributed by atoms with van der Waals surface area (Å²) in [6, 6.07) is 34.6. The van der Waals surface area contributed by atoms with Crippen LogP contribution >= 0.6 is 0 Å². The molecule has 2 heterocycles. The lowest BCUT2D eigenvalue weighted by Crippen LogP contribution is -2.52. The van der Waals surface area contributed by atoms with E-state index in [4.69, 9.17) is 23.7 Å². The molecule has 2 fully saturated rings. The Hall–Kier alpha value is -4.83. The Labute approximate surface area is 298 Å². The molecule has 1 spiro atoms. The van der Waals surface area contributed by atoms with Gasteiger partial charge < -0.3 is 29.0 Å². The van der Waals surface area contributed by atoms with Gasteiger partial charge in [-0.2, -0.15) is 0 Å². The van der Waals surface area contributed by atoms with E-state index in [1.807, 2.05) is 84.9 Å². The number of ketones is 1. The van der Waals surface area contributed by atoms with E-state index in [1.54, 1.807) is 0 Å². The molecule has 1 N–H and O–H groups in total. The number of rotatable bonds is 12. The third-order valence-corrected chi connectivity index (χ3v) is 9.80. The van der Waals surface area contributed by atoms with Crippen molar-refractivity contribution >= 4 is 17.8 Å². The summed E-state index contributed by atoms with van der Waals surface area (Å²) in [6.07, 6.45) is 1.01. The average Bonchev–Trinajstić information content (AvgIpc) is 3.47. The first-order valence-electron chi connectivity index (χ1n) is 17.8. The first-order valence-corrected chi connectivity index (χ1v) is 17.8. The van der Waals surface area contributed by atoms with Crippen LogP contribution in [0.2, 0.25) is 0 Å². The van der Waals surface area contributed by atoms with Gasteiger partial charge in [0.2, 0.25) is 0 Å². The van der Waals surface area contributed by atoms with Gasteiger partial charge in [0.25, 0.3) is 0 Å². The van der Waals surface area contributed by atoms with Crippen molar-refractivity contribution in [3.63, 3.8) is 0 Å². The molecule has 4 aromatic rings. The van der Waals surface area contributed by atoms with Gasteiger partial charge in [0, 0.05) is 25.2 Å². The maximum atomic E-state index is 13.6. The van der Waals surface area contributed by atoms with E-state index < -0.39 is 36.1 Å². The third-order valence-electron chi connectivity index (χ3n) is 9.80. The quantitative estimate of drug-likeness (QED) is 0.160. The highest BCUT2D eigenvalue weighted by molar-refractivity contribution is 5.82. The minimum Gasteiger partial charge on any atom is -0.461 e. The highest BCUT2D eigenvalue weighted by Gasteiger charge is 2.46. The highest BCUT2D eigenvalue weighted by atomic mass is 16.7. The fourth-order valence-electron chi connectivity index (χ4n) is 7.44. The predicted octanol–water partition coefficient (Wildman–Crippen LogP) is 6.91. The lowest BCUT2D eigenvalue weighted by Gasteiger charge is -2.45. The summed E-state index contributed by atoms with van der Waals surface area (Å²) in [6.45, 7) is 0.788. The van der Waals surface area contributed by atoms with Crippen LogP contribution in [0.25, 0.3) is 11.1 Å². The van der Waals surface area contributed by atoms with Crippen molar-refractivity contribution in [3.05, 3.63) is 131 Å². The molecular formula is C42H43NO8. The second kappa shape index (κ2) is 16.0. The largest absolute Gasteiger partial charge is 0.461 e. The van der Waals surface area contributed by atoms with Gasteiger partial charge in [-0.3, -0.25) is 4.79 Å². The fraction of sp³-hybridized carbons (Fsp3) is 0.357. The van der Waals surface area contributed by atoms with Crippen molar-refractivity contribution in [2.75, 3.05) is 19.8 Å². The Bertz CT molecular complexity index is 1770. The molecule has 9 heteroatoms. The zero-order valence-electron chi connectivity index (χ0n) is 28.5. The number of Topliss-reactive ketones (excluding diaryl/α,β-unsaturated/α-hetero) is 1. The standard InChI is InChI=1S/C42H43NO8/c44-31-23-33(26-47-25-30-14-5-2-6-15-30)51-42(24-31)21-11-16-32(50-42)27-48-40(45)39(22-29-12-3-1-4-13-29)43-41(46)49-28-38-36-19-9-7-17-34(36)35-18-8-10-20-37(35)38/h1-10,12-15,17-20,32-33,38-39H,11,16,21-28H2,(H,43,46)/t32-,33-,39-,42-/m0/s1. The van der Waals surface area contributed by atoms with Gasteiger partial charge in [-0.05, 0) is 46.2 Å². The number of esters is 1. The second-order valence-electron chi connectivity index (χ2n) is 13.5. The molecular weight excluding hydrogens is 646 g/mol. The van der Waals surface area contributed by atoms with Crippen LogP contribution in [0.15, 0.2) is 109 Å². The molecule has 0 aromatic heterocycles. The third kappa shape index (κ3) is 8.56. The average molecular weight is 690 g/mol. The van der Waals surface area contributed by atoms with Crippen LogP contribution in [0.5, 0.6) is 0 Å². The Morgan fingerprint density at radius 3 is 2.08 bits per heavy atom.